The molecule has 8 nitrogen and oxygen atoms in total. The molecule has 1 atom stereocenters. The van der Waals surface area contributed by atoms with E-state index in [-0.39, 0.29) is 22.8 Å². The van der Waals surface area contributed by atoms with Gasteiger partial charge in [0.25, 0.3) is 5.91 Å². The van der Waals surface area contributed by atoms with Crippen LogP contribution in [-0.2, 0) is 14.3 Å². The Labute approximate surface area is 246 Å². The lowest BCUT2D eigenvalue weighted by atomic mass is 9.58. The number of nitrogens with zero attached hydrogens (tertiary/aromatic N) is 2. The van der Waals surface area contributed by atoms with E-state index in [1.807, 2.05) is 36.9 Å². The van der Waals surface area contributed by atoms with Crippen molar-refractivity contribution in [2.45, 2.75) is 84.6 Å². The Hall–Kier alpha value is -3.94. The number of methoxy groups -OCH3 is 1. The van der Waals surface area contributed by atoms with Gasteiger partial charge >= 0.3 is 5.97 Å². The van der Waals surface area contributed by atoms with Gasteiger partial charge in [-0.2, -0.15) is 0 Å². The molecule has 4 aliphatic rings. The van der Waals surface area contributed by atoms with Gasteiger partial charge in [0.05, 0.1) is 24.3 Å². The van der Waals surface area contributed by atoms with Crippen LogP contribution >= 0.6 is 0 Å². The number of hydrogen-bond donors (Lipinski definition) is 0. The van der Waals surface area contributed by atoms with E-state index in [1.54, 1.807) is 20.1 Å². The molecule has 2 aliphatic heterocycles. The van der Waals surface area contributed by atoms with Crippen LogP contribution in [0.15, 0.2) is 46.9 Å². The first-order chi connectivity index (χ1) is 19.9. The summed E-state index contributed by atoms with van der Waals surface area (Å²) in [6.45, 7) is 10.3. The maximum atomic E-state index is 14.3. The van der Waals surface area contributed by atoms with Crippen molar-refractivity contribution in [3.63, 3.8) is 0 Å². The molecular weight excluding hydrogens is 532 g/mol. The number of carbonyl (C=O) groups is 3. The number of likely N-dealkylation sites (N-methyl/N-ethyl adjacent to an activating group) is 1. The van der Waals surface area contributed by atoms with Crippen molar-refractivity contribution in [3.05, 3.63) is 69.3 Å². The van der Waals surface area contributed by atoms with Crippen LogP contribution in [0.25, 0.3) is 11.3 Å². The molecule has 3 heterocycles. The molecule has 1 fully saturated rings. The van der Waals surface area contributed by atoms with Crippen molar-refractivity contribution >= 4 is 17.7 Å². The SMILES string of the molecule is CCN1C(=O)C2=C(CC1(C)C)OC1=C(C(=O)CC3(CCC3)C1)[C@@H]2c1c(OC)ccc(-c2ccc(C)c(C(=O)[OH2+])n2)c1C. The fourth-order valence-corrected chi connectivity index (χ4v) is 7.61. The molecule has 6 rings (SSSR count). The molecule has 42 heavy (non-hydrogen) atoms. The van der Waals surface area contributed by atoms with Crippen molar-refractivity contribution in [2.24, 2.45) is 5.41 Å². The van der Waals surface area contributed by atoms with E-state index >= 15 is 0 Å². The number of Topliss-reactive ketones (excluding diaryl/α,β-unsaturated/α-hetero) is 1. The van der Waals surface area contributed by atoms with Gasteiger partial charge in [-0.25, -0.2) is 4.98 Å². The Morgan fingerprint density at radius 2 is 1.79 bits per heavy atom. The lowest BCUT2D eigenvalue weighted by Crippen LogP contribution is -2.54. The van der Waals surface area contributed by atoms with Gasteiger partial charge in [0.1, 0.15) is 17.3 Å². The van der Waals surface area contributed by atoms with Crippen LogP contribution in [0.1, 0.15) is 92.4 Å². The van der Waals surface area contributed by atoms with Crippen molar-refractivity contribution in [1.82, 2.24) is 9.88 Å². The van der Waals surface area contributed by atoms with Gasteiger partial charge in [-0.15, -0.1) is 0 Å². The van der Waals surface area contributed by atoms with Gasteiger partial charge < -0.3 is 19.5 Å². The third-order valence-corrected chi connectivity index (χ3v) is 9.90. The average Bonchev–Trinajstić information content (AvgIpc) is 2.90. The number of benzene rings is 1. The van der Waals surface area contributed by atoms with E-state index in [9.17, 15) is 14.4 Å². The van der Waals surface area contributed by atoms with Crippen molar-refractivity contribution in [1.29, 1.82) is 0 Å². The van der Waals surface area contributed by atoms with Crippen LogP contribution in [0, 0.1) is 19.3 Å². The number of ketones is 1. The normalized spacial score (nSPS) is 22.4. The van der Waals surface area contributed by atoms with E-state index in [0.29, 0.717) is 65.5 Å². The predicted molar refractivity (Wildman–Crippen MR) is 158 cm³/mol. The summed E-state index contributed by atoms with van der Waals surface area (Å²) in [7, 11) is 1.60. The molecule has 0 bridgehead atoms. The van der Waals surface area contributed by atoms with Gasteiger partial charge in [0.2, 0.25) is 5.69 Å². The van der Waals surface area contributed by atoms with Crippen molar-refractivity contribution in [2.75, 3.05) is 13.7 Å². The topological polar surface area (TPSA) is 109 Å². The lowest BCUT2D eigenvalue weighted by Gasteiger charge is -2.50. The third kappa shape index (κ3) is 4.17. The molecule has 1 spiro atoms. The lowest BCUT2D eigenvalue weighted by molar-refractivity contribution is -0.135. The second-order valence-electron chi connectivity index (χ2n) is 12.9. The summed E-state index contributed by atoms with van der Waals surface area (Å²) >= 11 is 0. The summed E-state index contributed by atoms with van der Waals surface area (Å²) < 4.78 is 12.5. The molecular formula is C34H39N2O6+. The molecule has 2 aromatic rings. The standard InChI is InChI=1S/C34H38N2O6/c1-7-36-31(38)28-24(16-33(36,4)5)42-25-17-34(13-8-14-34)15-22(37)27(25)29(28)26-19(3)20(10-12-23(26)41-6)21-11-9-18(2)30(35-21)32(39)40/h9-12,29H,7-8,13-17H2,1-6H3,(H,39,40)/p+1/t29-/m0/s1. The summed E-state index contributed by atoms with van der Waals surface area (Å²) in [6.07, 6.45) is 4.84. The first-order valence-electron chi connectivity index (χ1n) is 14.8. The minimum atomic E-state index is -0.845. The zero-order chi connectivity index (χ0) is 30.1. The van der Waals surface area contributed by atoms with E-state index in [1.165, 1.54) is 0 Å². The molecule has 8 heteroatoms. The third-order valence-electron chi connectivity index (χ3n) is 9.90. The van der Waals surface area contributed by atoms with Crippen LogP contribution in [0.2, 0.25) is 0 Å². The second kappa shape index (κ2) is 9.82. The number of carbonyl (C=O) groups excluding carboxylic acids is 3. The molecule has 0 unspecified atom stereocenters. The molecule has 1 aromatic heterocycles. The molecule has 0 radical (unpaired) electrons. The first-order valence-corrected chi connectivity index (χ1v) is 14.8. The van der Waals surface area contributed by atoms with Crippen LogP contribution in [-0.4, -0.2) is 51.8 Å². The molecule has 2 aliphatic carbocycles. The number of aryl methyl sites for hydroxylation is 1. The summed E-state index contributed by atoms with van der Waals surface area (Å²) in [5.74, 6) is 0.334. The number of amides is 1. The molecule has 1 saturated carbocycles. The largest absolute Gasteiger partial charge is 0.568 e. The first kappa shape index (κ1) is 28.2. The number of allylic oxidation sites excluding steroid dienone is 2. The van der Waals surface area contributed by atoms with Gasteiger partial charge in [-0.05, 0) is 82.2 Å². The van der Waals surface area contributed by atoms with E-state index < -0.39 is 17.4 Å². The molecule has 2 N–H and O–H groups in total. The maximum absolute atomic E-state index is 14.3. The summed E-state index contributed by atoms with van der Waals surface area (Å²) in [6, 6.07) is 7.34. The Morgan fingerprint density at radius 1 is 1.07 bits per heavy atom. The fourth-order valence-electron chi connectivity index (χ4n) is 7.61. The highest BCUT2D eigenvalue weighted by Gasteiger charge is 2.53. The number of hydrogen-bond acceptors (Lipinski definition) is 6. The quantitative estimate of drug-likeness (QED) is 0.443. The fraction of sp³-hybridized carbons (Fsp3) is 0.471. The van der Waals surface area contributed by atoms with Gasteiger partial charge in [0, 0.05) is 52.8 Å². The Kier molecular flexibility index (Phi) is 6.59. The highest BCUT2D eigenvalue weighted by molar-refractivity contribution is 6.06. The average molecular weight is 572 g/mol. The zero-order valence-corrected chi connectivity index (χ0v) is 25.3. The zero-order valence-electron chi connectivity index (χ0n) is 25.3. The smallest absolute Gasteiger partial charge is 0.560 e. The second-order valence-corrected chi connectivity index (χ2v) is 12.9. The van der Waals surface area contributed by atoms with Gasteiger partial charge in [-0.3, -0.25) is 9.59 Å². The number of rotatable bonds is 5. The van der Waals surface area contributed by atoms with Gasteiger partial charge in [0.15, 0.2) is 5.78 Å². The van der Waals surface area contributed by atoms with Crippen LogP contribution in [0.3, 0.4) is 0 Å². The van der Waals surface area contributed by atoms with Crippen LogP contribution < -0.4 is 4.74 Å². The Balaban J connectivity index is 1.61. The minimum absolute atomic E-state index is 0.0376. The predicted octanol–water partition coefficient (Wildman–Crippen LogP) is 5.42. The molecule has 0 saturated heterocycles. The van der Waals surface area contributed by atoms with Gasteiger partial charge in [-0.1, -0.05) is 12.5 Å². The molecule has 1 aromatic carbocycles. The number of pyridine rings is 1. The van der Waals surface area contributed by atoms with E-state index in [2.05, 4.69) is 18.8 Å². The molecule has 220 valence electrons. The van der Waals surface area contributed by atoms with Crippen LogP contribution in [0.4, 0.5) is 0 Å². The highest BCUT2D eigenvalue weighted by atomic mass is 16.5. The van der Waals surface area contributed by atoms with Crippen molar-refractivity contribution < 1.29 is 29.0 Å². The highest BCUT2D eigenvalue weighted by Crippen LogP contribution is 2.59. The van der Waals surface area contributed by atoms with E-state index in [4.69, 9.17) is 14.6 Å². The van der Waals surface area contributed by atoms with Crippen LogP contribution in [0.5, 0.6) is 5.75 Å². The van der Waals surface area contributed by atoms with E-state index in [0.717, 1.165) is 36.0 Å². The summed E-state index contributed by atoms with van der Waals surface area (Å²) in [5, 5.41) is 7.68. The Morgan fingerprint density at radius 3 is 2.40 bits per heavy atom. The summed E-state index contributed by atoms with van der Waals surface area (Å²) in [5.41, 5.74) is 4.15. The molecule has 1 amide bonds. The number of ether oxygens (including phenoxy) is 2. The minimum Gasteiger partial charge on any atom is -0.560 e. The summed E-state index contributed by atoms with van der Waals surface area (Å²) in [4.78, 5) is 46.9. The number of aromatic nitrogens is 1. The van der Waals surface area contributed by atoms with Crippen molar-refractivity contribution in [3.8, 4) is 17.0 Å². The maximum Gasteiger partial charge on any atom is 0.568 e. The Bertz CT molecular complexity index is 1610. The monoisotopic (exact) mass is 571 g/mol.